The molecule has 5 rings (SSSR count). The van der Waals surface area contributed by atoms with Gasteiger partial charge in [0.2, 0.25) is 0 Å². The van der Waals surface area contributed by atoms with Gasteiger partial charge in [-0.25, -0.2) is 4.98 Å². The average Bonchev–Trinajstić information content (AvgIpc) is 3.24. The van der Waals surface area contributed by atoms with E-state index in [1.807, 2.05) is 12.4 Å². The van der Waals surface area contributed by atoms with Gasteiger partial charge in [-0.05, 0) is 35.1 Å². The molecule has 4 heteroatoms. The first kappa shape index (κ1) is 14.8. The lowest BCUT2D eigenvalue weighted by atomic mass is 9.98. The van der Waals surface area contributed by atoms with E-state index in [4.69, 9.17) is 9.97 Å². The van der Waals surface area contributed by atoms with Gasteiger partial charge in [0, 0.05) is 31.7 Å². The largest absolute Gasteiger partial charge is 0.355 e. The fraction of sp³-hybridized carbons (Fsp3) is 0.333. The summed E-state index contributed by atoms with van der Waals surface area (Å²) in [5.74, 6) is 2.54. The van der Waals surface area contributed by atoms with Gasteiger partial charge < -0.3 is 10.2 Å². The van der Waals surface area contributed by atoms with Crippen molar-refractivity contribution >= 4 is 16.6 Å². The Morgan fingerprint density at radius 2 is 1.76 bits per heavy atom. The van der Waals surface area contributed by atoms with Crippen LogP contribution < -0.4 is 10.2 Å². The smallest absolute Gasteiger partial charge is 0.147 e. The summed E-state index contributed by atoms with van der Waals surface area (Å²) in [6, 6.07) is 12.8. The highest BCUT2D eigenvalue weighted by Gasteiger charge is 2.36. The molecule has 2 aliphatic heterocycles. The number of nitrogens with zero attached hydrogens (tertiary/aromatic N) is 3. The van der Waals surface area contributed by atoms with E-state index >= 15 is 0 Å². The van der Waals surface area contributed by atoms with Crippen molar-refractivity contribution in [2.24, 2.45) is 11.8 Å². The maximum absolute atomic E-state index is 4.78. The first-order chi connectivity index (χ1) is 12.3. The predicted molar refractivity (Wildman–Crippen MR) is 102 cm³/mol. The van der Waals surface area contributed by atoms with Gasteiger partial charge in [0.15, 0.2) is 0 Å². The molecule has 3 aromatic rings. The fourth-order valence-corrected chi connectivity index (χ4v) is 4.38. The summed E-state index contributed by atoms with van der Waals surface area (Å²) in [7, 11) is 0. The fourth-order valence-electron chi connectivity index (χ4n) is 4.38. The van der Waals surface area contributed by atoms with Crippen molar-refractivity contribution in [3.63, 3.8) is 0 Å². The number of anilines is 1. The highest BCUT2D eigenvalue weighted by atomic mass is 15.2. The molecule has 1 aromatic heterocycles. The molecule has 0 radical (unpaired) electrons. The minimum atomic E-state index is 0.766. The van der Waals surface area contributed by atoms with E-state index in [1.54, 1.807) is 0 Å². The number of aromatic nitrogens is 2. The first-order valence-corrected chi connectivity index (χ1v) is 9.06. The van der Waals surface area contributed by atoms with Crippen molar-refractivity contribution in [1.29, 1.82) is 0 Å². The van der Waals surface area contributed by atoms with Gasteiger partial charge in [-0.15, -0.1) is 0 Å². The van der Waals surface area contributed by atoms with Crippen LogP contribution in [-0.4, -0.2) is 36.1 Å². The Labute approximate surface area is 147 Å². The van der Waals surface area contributed by atoms with Crippen LogP contribution in [0.4, 0.5) is 5.82 Å². The van der Waals surface area contributed by atoms with Crippen molar-refractivity contribution in [3.8, 4) is 11.3 Å². The highest BCUT2D eigenvalue weighted by molar-refractivity contribution is 5.97. The van der Waals surface area contributed by atoms with Crippen molar-refractivity contribution in [1.82, 2.24) is 15.3 Å². The summed E-state index contributed by atoms with van der Waals surface area (Å²) in [5, 5.41) is 5.97. The molecular formula is C21H22N4. The maximum atomic E-state index is 4.78. The Hall–Kier alpha value is -2.46. The maximum Gasteiger partial charge on any atom is 0.147 e. The number of benzene rings is 2. The molecule has 2 fully saturated rings. The summed E-state index contributed by atoms with van der Waals surface area (Å²) < 4.78 is 0. The van der Waals surface area contributed by atoms with E-state index in [1.165, 1.54) is 21.9 Å². The number of hydrogen-bond acceptors (Lipinski definition) is 4. The minimum Gasteiger partial charge on any atom is -0.355 e. The monoisotopic (exact) mass is 330 g/mol. The second-order valence-corrected chi connectivity index (χ2v) is 7.32. The molecule has 2 atom stereocenters. The van der Waals surface area contributed by atoms with Gasteiger partial charge in [-0.2, -0.15) is 0 Å². The van der Waals surface area contributed by atoms with Crippen LogP contribution in [0, 0.1) is 18.8 Å². The second kappa shape index (κ2) is 5.81. The first-order valence-electron chi connectivity index (χ1n) is 9.06. The molecule has 126 valence electrons. The Bertz CT molecular complexity index is 907. The zero-order valence-corrected chi connectivity index (χ0v) is 14.4. The number of hydrogen-bond donors (Lipinski definition) is 1. The molecule has 3 heterocycles. The van der Waals surface area contributed by atoms with Gasteiger partial charge in [0.25, 0.3) is 0 Å². The molecule has 25 heavy (non-hydrogen) atoms. The van der Waals surface area contributed by atoms with Crippen LogP contribution in [0.2, 0.25) is 0 Å². The molecule has 0 saturated carbocycles. The van der Waals surface area contributed by atoms with Gasteiger partial charge in [0.1, 0.15) is 5.82 Å². The van der Waals surface area contributed by atoms with Crippen molar-refractivity contribution in [2.75, 3.05) is 31.1 Å². The van der Waals surface area contributed by atoms with Gasteiger partial charge in [-0.1, -0.05) is 36.4 Å². The molecule has 0 bridgehead atoms. The van der Waals surface area contributed by atoms with E-state index in [-0.39, 0.29) is 0 Å². The van der Waals surface area contributed by atoms with Crippen LogP contribution in [0.5, 0.6) is 0 Å². The standard InChI is InChI=1S/C21H22N4/c1-14-6-7-15-4-2-3-5-18(15)21(14)19-10-24-20(11-23-19)25-12-16-8-22-9-17(16)13-25/h2-7,10-11,16-17,22H,8-9,12-13H2,1H3/t16-,17+. The van der Waals surface area contributed by atoms with Crippen molar-refractivity contribution < 1.29 is 0 Å². The van der Waals surface area contributed by atoms with Gasteiger partial charge in [-0.3, -0.25) is 4.98 Å². The Morgan fingerprint density at radius 3 is 2.52 bits per heavy atom. The highest BCUT2D eigenvalue weighted by Crippen LogP contribution is 2.32. The SMILES string of the molecule is Cc1ccc2ccccc2c1-c1cnc(N2C[C@H]3CNC[C@H]3C2)cn1. The van der Waals surface area contributed by atoms with E-state index in [9.17, 15) is 0 Å². The number of aryl methyl sites for hydroxylation is 1. The van der Waals surface area contributed by atoms with Gasteiger partial charge in [0.05, 0.1) is 18.1 Å². The molecule has 0 aliphatic carbocycles. The Morgan fingerprint density at radius 1 is 0.960 bits per heavy atom. The van der Waals surface area contributed by atoms with E-state index < -0.39 is 0 Å². The number of nitrogens with one attached hydrogen (secondary N) is 1. The second-order valence-electron chi connectivity index (χ2n) is 7.32. The summed E-state index contributed by atoms with van der Waals surface area (Å²) in [5.41, 5.74) is 3.39. The molecule has 1 N–H and O–H groups in total. The third-order valence-electron chi connectivity index (χ3n) is 5.75. The van der Waals surface area contributed by atoms with Crippen molar-refractivity contribution in [2.45, 2.75) is 6.92 Å². The molecule has 0 amide bonds. The van der Waals surface area contributed by atoms with Crippen molar-refractivity contribution in [3.05, 3.63) is 54.4 Å². The third-order valence-corrected chi connectivity index (χ3v) is 5.75. The topological polar surface area (TPSA) is 41.1 Å². The zero-order valence-electron chi connectivity index (χ0n) is 14.4. The van der Waals surface area contributed by atoms with Crippen LogP contribution >= 0.6 is 0 Å². The lowest BCUT2D eigenvalue weighted by Crippen LogP contribution is -2.26. The zero-order chi connectivity index (χ0) is 16.8. The Balaban J connectivity index is 1.49. The van der Waals surface area contributed by atoms with Crippen LogP contribution in [0.15, 0.2) is 48.8 Å². The number of fused-ring (bicyclic) bond motifs is 2. The molecule has 2 saturated heterocycles. The lowest BCUT2D eigenvalue weighted by Gasteiger charge is -2.18. The lowest BCUT2D eigenvalue weighted by molar-refractivity contribution is 0.533. The van der Waals surface area contributed by atoms with E-state index in [0.717, 1.165) is 49.5 Å². The van der Waals surface area contributed by atoms with E-state index in [0.29, 0.717) is 0 Å². The quantitative estimate of drug-likeness (QED) is 0.783. The molecule has 2 aromatic carbocycles. The molecule has 0 spiro atoms. The number of rotatable bonds is 2. The van der Waals surface area contributed by atoms with Crippen LogP contribution in [0.3, 0.4) is 0 Å². The van der Waals surface area contributed by atoms with Crippen LogP contribution in [0.25, 0.3) is 22.0 Å². The average molecular weight is 330 g/mol. The molecule has 0 unspecified atom stereocenters. The normalized spacial score (nSPS) is 22.5. The van der Waals surface area contributed by atoms with Gasteiger partial charge >= 0.3 is 0 Å². The molecular weight excluding hydrogens is 308 g/mol. The molecule has 4 nitrogen and oxygen atoms in total. The summed E-state index contributed by atoms with van der Waals surface area (Å²) in [6.07, 6.45) is 3.89. The summed E-state index contributed by atoms with van der Waals surface area (Å²) in [4.78, 5) is 11.9. The summed E-state index contributed by atoms with van der Waals surface area (Å²) >= 11 is 0. The summed E-state index contributed by atoms with van der Waals surface area (Å²) in [6.45, 7) is 6.62. The van der Waals surface area contributed by atoms with E-state index in [2.05, 4.69) is 53.5 Å². The minimum absolute atomic E-state index is 0.766. The third kappa shape index (κ3) is 2.48. The molecule has 2 aliphatic rings. The van der Waals surface area contributed by atoms with Crippen LogP contribution in [0.1, 0.15) is 5.56 Å². The Kier molecular flexibility index (Phi) is 3.45. The predicted octanol–water partition coefficient (Wildman–Crippen LogP) is 3.26. The van der Waals surface area contributed by atoms with Crippen LogP contribution in [-0.2, 0) is 0 Å².